The Hall–Kier alpha value is -2.80. The highest BCUT2D eigenvalue weighted by atomic mass is 32.2. The van der Waals surface area contributed by atoms with Crippen LogP contribution >= 0.6 is 0 Å². The largest absolute Gasteiger partial charge is 0.845 e. The number of fused-ring (bicyclic) bond motifs is 2. The summed E-state index contributed by atoms with van der Waals surface area (Å²) in [6.45, 7) is -1.19. The molecule has 1 atom stereocenters. The smallest absolute Gasteiger partial charge is 0.401 e. The number of alkyl halides is 3. The highest BCUT2D eigenvalue weighted by Crippen LogP contribution is 2.38. The molecule has 1 unspecified atom stereocenters. The number of rotatable bonds is 6. The van der Waals surface area contributed by atoms with Crippen LogP contribution < -0.4 is 14.7 Å². The van der Waals surface area contributed by atoms with Gasteiger partial charge in [-0.05, 0) is 67.2 Å². The van der Waals surface area contributed by atoms with Gasteiger partial charge in [0.15, 0.2) is 0 Å². The van der Waals surface area contributed by atoms with Crippen LogP contribution in [-0.4, -0.2) is 61.0 Å². The lowest BCUT2D eigenvalue weighted by Crippen LogP contribution is -2.43. The van der Waals surface area contributed by atoms with Crippen molar-refractivity contribution < 1.29 is 26.7 Å². The summed E-state index contributed by atoms with van der Waals surface area (Å²) in [7, 11) is -2.98. The fourth-order valence-electron chi connectivity index (χ4n) is 5.70. The second-order valence-electron chi connectivity index (χ2n) is 9.69. The first-order valence-corrected chi connectivity index (χ1v) is 13.4. The lowest BCUT2D eigenvalue weighted by molar-refractivity contribution is -0.213. The molecule has 1 fully saturated rings. The fraction of sp³-hybridized carbons (Fsp3) is 0.565. The molecule has 0 bridgehead atoms. The first-order chi connectivity index (χ1) is 17.0. The average molecular weight is 526 g/mol. The van der Waals surface area contributed by atoms with Gasteiger partial charge in [-0.2, -0.15) is 26.7 Å². The molecule has 196 valence electrons. The zero-order valence-electron chi connectivity index (χ0n) is 19.9. The van der Waals surface area contributed by atoms with Gasteiger partial charge in [0.2, 0.25) is 0 Å². The summed E-state index contributed by atoms with van der Waals surface area (Å²) in [4.78, 5) is 1.15. The van der Waals surface area contributed by atoms with E-state index in [9.17, 15) is 26.7 Å². The van der Waals surface area contributed by atoms with Crippen molar-refractivity contribution in [3.05, 3.63) is 40.7 Å². The van der Waals surface area contributed by atoms with Gasteiger partial charge >= 0.3 is 16.4 Å². The number of hydrogen-bond acceptors (Lipinski definition) is 5. The van der Waals surface area contributed by atoms with E-state index in [-0.39, 0.29) is 25.2 Å². The predicted octanol–water partition coefficient (Wildman–Crippen LogP) is 1.91. The van der Waals surface area contributed by atoms with Crippen molar-refractivity contribution in [1.29, 1.82) is 0 Å². The Kier molecular flexibility index (Phi) is 6.39. The van der Waals surface area contributed by atoms with Crippen molar-refractivity contribution in [2.75, 3.05) is 29.3 Å². The summed E-state index contributed by atoms with van der Waals surface area (Å²) in [6, 6.07) is 0.372. The van der Waals surface area contributed by atoms with E-state index >= 15 is 0 Å². The van der Waals surface area contributed by atoms with Crippen LogP contribution in [0.1, 0.15) is 41.5 Å². The van der Waals surface area contributed by atoms with E-state index in [0.717, 1.165) is 58.9 Å². The van der Waals surface area contributed by atoms with Crippen molar-refractivity contribution in [2.45, 2.75) is 57.2 Å². The van der Waals surface area contributed by atoms with Gasteiger partial charge in [-0.25, -0.2) is 4.31 Å². The number of nitrogens with zero attached hydrogens (tertiary/aromatic N) is 5. The molecule has 2 aromatic rings. The quantitative estimate of drug-likeness (QED) is 0.456. The lowest BCUT2D eigenvalue weighted by Gasteiger charge is -2.28. The van der Waals surface area contributed by atoms with Gasteiger partial charge in [0, 0.05) is 32.0 Å². The molecule has 13 heteroatoms. The molecule has 2 aliphatic carbocycles. The molecule has 0 amide bonds. The monoisotopic (exact) mass is 525 g/mol. The van der Waals surface area contributed by atoms with Crippen LogP contribution in [0.2, 0.25) is 0 Å². The van der Waals surface area contributed by atoms with Crippen LogP contribution in [0.15, 0.2) is 22.9 Å². The number of hydrogen-bond donors (Lipinski definition) is 1. The Morgan fingerprint density at radius 1 is 1.22 bits per heavy atom. The maximum atomic E-state index is 13.4. The summed E-state index contributed by atoms with van der Waals surface area (Å²) in [5.74, 6) is 0. The number of benzene rings is 1. The summed E-state index contributed by atoms with van der Waals surface area (Å²) >= 11 is 0. The van der Waals surface area contributed by atoms with Crippen molar-refractivity contribution >= 4 is 27.6 Å². The summed E-state index contributed by atoms with van der Waals surface area (Å²) in [5, 5.41) is 19.7. The zero-order chi connectivity index (χ0) is 25.7. The van der Waals surface area contributed by atoms with E-state index in [0.29, 0.717) is 5.69 Å². The van der Waals surface area contributed by atoms with E-state index in [1.165, 1.54) is 28.2 Å². The van der Waals surface area contributed by atoms with Gasteiger partial charge in [0.05, 0.1) is 30.5 Å². The summed E-state index contributed by atoms with van der Waals surface area (Å²) < 4.78 is 71.4. The third-order valence-electron chi connectivity index (χ3n) is 7.08. The first-order valence-electron chi connectivity index (χ1n) is 12.0. The minimum Gasteiger partial charge on any atom is -0.845 e. The number of aryl methyl sites for hydroxylation is 3. The van der Waals surface area contributed by atoms with Crippen LogP contribution in [0.4, 0.5) is 24.5 Å². The van der Waals surface area contributed by atoms with Gasteiger partial charge in [-0.15, -0.1) is 4.40 Å². The van der Waals surface area contributed by atoms with Crippen LogP contribution in [0.5, 0.6) is 0 Å². The number of likely N-dealkylation sites (tertiary alicyclic amines) is 1. The van der Waals surface area contributed by atoms with E-state index in [2.05, 4.69) is 20.9 Å². The minimum atomic E-state index is -4.58. The maximum Gasteiger partial charge on any atom is 0.401 e. The molecule has 1 N–H and O–H groups in total. The van der Waals surface area contributed by atoms with E-state index in [4.69, 9.17) is 0 Å². The molecular formula is C23H28F3N6O3S-. The molecule has 3 aliphatic rings. The number of aromatic nitrogens is 2. The second kappa shape index (κ2) is 9.25. The molecule has 0 spiro atoms. The normalized spacial score (nSPS) is 20.6. The van der Waals surface area contributed by atoms with Crippen LogP contribution in [0.25, 0.3) is 0 Å². The number of amidine groups is 1. The van der Waals surface area contributed by atoms with Gasteiger partial charge < -0.3 is 10.4 Å². The molecule has 0 saturated carbocycles. The molecule has 0 radical (unpaired) electrons. The Labute approximate surface area is 207 Å². The van der Waals surface area contributed by atoms with Crippen LogP contribution in [0, 0.1) is 0 Å². The summed E-state index contributed by atoms with van der Waals surface area (Å²) in [6.07, 6.45) is 3.92. The molecule has 1 aromatic carbocycles. The predicted molar refractivity (Wildman–Crippen MR) is 127 cm³/mol. The van der Waals surface area contributed by atoms with Gasteiger partial charge in [-0.1, -0.05) is 6.07 Å². The van der Waals surface area contributed by atoms with Crippen molar-refractivity contribution in [1.82, 2.24) is 14.7 Å². The van der Waals surface area contributed by atoms with Crippen LogP contribution in [-0.2, 0) is 42.9 Å². The molecule has 2 heterocycles. The topological polar surface area (TPSA) is 106 Å². The number of nitrogens with one attached hydrogen (secondary N) is 1. The minimum absolute atomic E-state index is 0.0743. The van der Waals surface area contributed by atoms with E-state index in [1.54, 1.807) is 7.05 Å². The van der Waals surface area contributed by atoms with E-state index in [1.807, 2.05) is 0 Å². The maximum absolute atomic E-state index is 13.4. The SMILES string of the molecule is Cn1cc(N(C2CCN(CC(F)(F)F)C2)S(=O)(=O)/N=C(\[O-])Nc2c3c(cc4c2CCC4)CCC3)cn1. The highest BCUT2D eigenvalue weighted by molar-refractivity contribution is 7.91. The van der Waals surface area contributed by atoms with Crippen molar-refractivity contribution in [3.8, 4) is 0 Å². The number of halogens is 3. The zero-order valence-corrected chi connectivity index (χ0v) is 20.7. The molecule has 9 nitrogen and oxygen atoms in total. The van der Waals surface area contributed by atoms with Gasteiger partial charge in [0.1, 0.15) is 0 Å². The van der Waals surface area contributed by atoms with Gasteiger partial charge in [-0.3, -0.25) is 9.58 Å². The fourth-order valence-corrected chi connectivity index (χ4v) is 6.95. The average Bonchev–Trinajstić information content (AvgIpc) is 3.54. The Morgan fingerprint density at radius 2 is 1.89 bits per heavy atom. The number of anilines is 2. The third-order valence-corrected chi connectivity index (χ3v) is 8.48. The molecule has 1 aliphatic heterocycles. The molecular weight excluding hydrogens is 497 g/mol. The molecule has 36 heavy (non-hydrogen) atoms. The third kappa shape index (κ3) is 5.03. The van der Waals surface area contributed by atoms with E-state index < -0.39 is 35.0 Å². The highest BCUT2D eigenvalue weighted by Gasteiger charge is 2.40. The Morgan fingerprint density at radius 3 is 2.47 bits per heavy atom. The van der Waals surface area contributed by atoms with Crippen molar-refractivity contribution in [3.63, 3.8) is 0 Å². The Balaban J connectivity index is 1.44. The lowest BCUT2D eigenvalue weighted by atomic mass is 9.99. The molecule has 1 saturated heterocycles. The van der Waals surface area contributed by atoms with Gasteiger partial charge in [0.25, 0.3) is 0 Å². The second-order valence-corrected chi connectivity index (χ2v) is 11.2. The molecule has 5 rings (SSSR count). The van der Waals surface area contributed by atoms with Crippen molar-refractivity contribution in [2.24, 2.45) is 11.4 Å². The summed E-state index contributed by atoms with van der Waals surface area (Å²) in [5.41, 5.74) is 5.27. The molecule has 1 aromatic heterocycles. The Bertz CT molecular complexity index is 1260. The standard InChI is InChI=1S/C23H29F3N6O3S/c1-30-12-18(11-27-30)32(17-8-9-31(13-17)14-23(24,25)26)36(34,35)29-22(33)28-21-19-6-2-4-15(19)10-16-5-3-7-20(16)21/h10-12,17H,2-9,13-14H2,1H3,(H2,28,29,33)/p-1. The first kappa shape index (κ1) is 24.9. The van der Waals surface area contributed by atoms with Crippen LogP contribution in [0.3, 0.4) is 0 Å².